The van der Waals surface area contributed by atoms with Gasteiger partial charge in [-0.25, -0.2) is 4.79 Å². The molecule has 0 fully saturated rings. The molecule has 0 unspecified atom stereocenters. The van der Waals surface area contributed by atoms with Crippen LogP contribution in [0.5, 0.6) is 0 Å². The number of aliphatic hydroxyl groups is 2. The fraction of sp³-hybridized carbons (Fsp3) is 0.688. The second-order valence-electron chi connectivity index (χ2n) is 5.75. The third kappa shape index (κ3) is 25.0. The van der Waals surface area contributed by atoms with Crippen molar-refractivity contribution in [3.63, 3.8) is 0 Å². The summed E-state index contributed by atoms with van der Waals surface area (Å²) in [5.41, 5.74) is 0.0833. The van der Waals surface area contributed by atoms with E-state index in [1.165, 1.54) is 0 Å². The Morgan fingerprint density at radius 3 is 1.29 bits per heavy atom. The highest BCUT2D eigenvalue weighted by Gasteiger charge is 2.13. The molecule has 0 atom stereocenters. The summed E-state index contributed by atoms with van der Waals surface area (Å²) in [7, 11) is 0. The molecule has 0 aromatic heterocycles. The van der Waals surface area contributed by atoms with Crippen LogP contribution in [0.15, 0.2) is 11.6 Å². The highest BCUT2D eigenvalue weighted by atomic mass is 16.4. The van der Waals surface area contributed by atoms with Gasteiger partial charge in [-0.1, -0.05) is 19.9 Å². The first-order valence-electron chi connectivity index (χ1n) is 7.45. The molecule has 8 heteroatoms. The van der Waals surface area contributed by atoms with Crippen LogP contribution in [0.4, 0.5) is 0 Å². The van der Waals surface area contributed by atoms with Crippen molar-refractivity contribution in [1.29, 1.82) is 0 Å². The molecule has 0 aliphatic carbocycles. The van der Waals surface area contributed by atoms with Gasteiger partial charge >= 0.3 is 17.9 Å². The van der Waals surface area contributed by atoms with E-state index in [2.05, 4.69) is 0 Å². The molecule has 0 saturated carbocycles. The van der Waals surface area contributed by atoms with E-state index in [9.17, 15) is 14.4 Å². The normalized spacial score (nSPS) is 10.7. The van der Waals surface area contributed by atoms with Gasteiger partial charge in [0.15, 0.2) is 0 Å². The summed E-state index contributed by atoms with van der Waals surface area (Å²) in [5, 5.41) is 41.2. The number of rotatable bonds is 8. The summed E-state index contributed by atoms with van der Waals surface area (Å²) in [4.78, 5) is 29.7. The second kappa shape index (κ2) is 15.9. The van der Waals surface area contributed by atoms with E-state index in [0.717, 1.165) is 0 Å². The van der Waals surface area contributed by atoms with E-state index in [0.29, 0.717) is 18.4 Å². The number of carboxylic acid groups (broad SMARTS) is 3. The minimum absolute atomic E-state index is 0.0451. The van der Waals surface area contributed by atoms with E-state index >= 15 is 0 Å². The van der Waals surface area contributed by atoms with Crippen LogP contribution in [0.1, 0.15) is 53.4 Å². The van der Waals surface area contributed by atoms with Gasteiger partial charge in [-0.3, -0.25) is 9.59 Å². The van der Waals surface area contributed by atoms with E-state index in [-0.39, 0.29) is 31.5 Å². The SMILES string of the molecule is CC(C)(CO)CO.CC=C(C)C(=O)O.O=C(O)CCCCC(=O)O. The van der Waals surface area contributed by atoms with Gasteiger partial charge in [0.2, 0.25) is 0 Å². The molecule has 0 heterocycles. The van der Waals surface area contributed by atoms with Crippen molar-refractivity contribution in [1.82, 2.24) is 0 Å². The van der Waals surface area contributed by atoms with Crippen molar-refractivity contribution in [2.75, 3.05) is 13.2 Å². The molecule has 0 spiro atoms. The summed E-state index contributed by atoms with van der Waals surface area (Å²) < 4.78 is 0. The maximum Gasteiger partial charge on any atom is 0.330 e. The van der Waals surface area contributed by atoms with Crippen molar-refractivity contribution in [2.45, 2.75) is 53.4 Å². The Morgan fingerprint density at radius 1 is 0.875 bits per heavy atom. The Balaban J connectivity index is -0.000000283. The van der Waals surface area contributed by atoms with Crippen LogP contribution in [0.2, 0.25) is 0 Å². The topological polar surface area (TPSA) is 152 Å². The van der Waals surface area contributed by atoms with Crippen molar-refractivity contribution < 1.29 is 39.9 Å². The molecule has 0 saturated heterocycles. The molecular weight excluding hydrogens is 320 g/mol. The predicted molar refractivity (Wildman–Crippen MR) is 88.8 cm³/mol. The average molecular weight is 350 g/mol. The Morgan fingerprint density at radius 2 is 1.21 bits per heavy atom. The second-order valence-corrected chi connectivity index (χ2v) is 5.75. The van der Waals surface area contributed by atoms with Crippen LogP contribution in [0.25, 0.3) is 0 Å². The van der Waals surface area contributed by atoms with Gasteiger partial charge < -0.3 is 25.5 Å². The molecule has 0 aromatic carbocycles. The Bertz CT molecular complexity index is 377. The van der Waals surface area contributed by atoms with E-state index in [1.807, 2.05) is 0 Å². The zero-order chi connectivity index (χ0) is 19.8. The highest BCUT2D eigenvalue weighted by molar-refractivity contribution is 5.85. The molecule has 24 heavy (non-hydrogen) atoms. The van der Waals surface area contributed by atoms with Crippen LogP contribution >= 0.6 is 0 Å². The summed E-state index contributed by atoms with van der Waals surface area (Å²) in [6.45, 7) is 6.94. The van der Waals surface area contributed by atoms with Crippen molar-refractivity contribution in [2.24, 2.45) is 5.41 Å². The summed E-state index contributed by atoms with van der Waals surface area (Å²) >= 11 is 0. The smallest absolute Gasteiger partial charge is 0.330 e. The lowest BCUT2D eigenvalue weighted by molar-refractivity contribution is -0.139. The largest absolute Gasteiger partial charge is 0.481 e. The lowest BCUT2D eigenvalue weighted by Crippen LogP contribution is -2.20. The molecule has 0 aliphatic heterocycles. The minimum atomic E-state index is -0.870. The van der Waals surface area contributed by atoms with Crippen molar-refractivity contribution >= 4 is 17.9 Å². The number of aliphatic hydroxyl groups excluding tert-OH is 2. The van der Waals surface area contributed by atoms with E-state index in [4.69, 9.17) is 25.5 Å². The minimum Gasteiger partial charge on any atom is -0.481 e. The average Bonchev–Trinajstić information content (AvgIpc) is 2.51. The van der Waals surface area contributed by atoms with Crippen LogP contribution in [0.3, 0.4) is 0 Å². The quantitative estimate of drug-likeness (QED) is 0.328. The van der Waals surface area contributed by atoms with Crippen LogP contribution in [0, 0.1) is 5.41 Å². The summed E-state index contributed by atoms with van der Waals surface area (Å²) in [6, 6.07) is 0. The van der Waals surface area contributed by atoms with Crippen molar-refractivity contribution in [3.05, 3.63) is 11.6 Å². The molecule has 0 aromatic rings. The number of allylic oxidation sites excluding steroid dienone is 1. The molecule has 0 radical (unpaired) electrons. The Hall–Kier alpha value is -1.93. The summed E-state index contributed by atoms with van der Waals surface area (Å²) in [6.07, 6.45) is 2.58. The van der Waals surface area contributed by atoms with Gasteiger partial charge in [0.25, 0.3) is 0 Å². The molecule has 0 bridgehead atoms. The van der Waals surface area contributed by atoms with Gasteiger partial charge in [0, 0.05) is 23.8 Å². The van der Waals surface area contributed by atoms with Crippen molar-refractivity contribution in [3.8, 4) is 0 Å². The third-order valence-electron chi connectivity index (χ3n) is 2.66. The molecule has 5 N–H and O–H groups in total. The zero-order valence-electron chi connectivity index (χ0n) is 14.8. The van der Waals surface area contributed by atoms with Gasteiger partial charge in [0.1, 0.15) is 0 Å². The van der Waals surface area contributed by atoms with Gasteiger partial charge in [-0.05, 0) is 26.7 Å². The number of aliphatic carboxylic acids is 3. The Labute approximate surface area is 142 Å². The number of unbranched alkanes of at least 4 members (excludes halogenated alkanes) is 1. The lowest BCUT2D eigenvalue weighted by Gasteiger charge is -2.16. The molecule has 8 nitrogen and oxygen atoms in total. The van der Waals surface area contributed by atoms with Gasteiger partial charge in [-0.2, -0.15) is 0 Å². The number of hydrogen-bond acceptors (Lipinski definition) is 5. The maximum absolute atomic E-state index is 9.90. The highest BCUT2D eigenvalue weighted by Crippen LogP contribution is 2.10. The lowest BCUT2D eigenvalue weighted by atomic mass is 9.97. The molecule has 0 amide bonds. The standard InChI is InChI=1S/C6H10O4.C5H12O2.C5H8O2/c7-5(8)3-1-2-4-6(9)10;1-5(2,3-6)4-7;1-3-4(2)5(6)7/h1-4H2,(H,7,8)(H,9,10);6-7H,3-4H2,1-2H3;3H,1-2H3,(H,6,7). The third-order valence-corrected chi connectivity index (χ3v) is 2.66. The van der Waals surface area contributed by atoms with Crippen LogP contribution in [-0.4, -0.2) is 56.7 Å². The first kappa shape index (κ1) is 26.9. The molecular formula is C16H30O8. The van der Waals surface area contributed by atoms with Gasteiger partial charge in [-0.15, -0.1) is 0 Å². The van der Waals surface area contributed by atoms with Crippen LogP contribution in [-0.2, 0) is 14.4 Å². The maximum atomic E-state index is 9.90. The monoisotopic (exact) mass is 350 g/mol. The Kier molecular flexibility index (Phi) is 17.9. The first-order chi connectivity index (χ1) is 10.9. The number of carbonyl (C=O) groups is 3. The molecule has 142 valence electrons. The van der Waals surface area contributed by atoms with E-state index in [1.54, 1.807) is 33.8 Å². The first-order valence-corrected chi connectivity index (χ1v) is 7.45. The zero-order valence-corrected chi connectivity index (χ0v) is 14.8. The van der Waals surface area contributed by atoms with Gasteiger partial charge in [0.05, 0.1) is 13.2 Å². The number of carboxylic acids is 3. The summed E-state index contributed by atoms with van der Waals surface area (Å²) in [5.74, 6) is -2.58. The van der Waals surface area contributed by atoms with Crippen LogP contribution < -0.4 is 0 Å². The van der Waals surface area contributed by atoms with E-state index < -0.39 is 17.9 Å². The molecule has 0 rings (SSSR count). The fourth-order valence-corrected chi connectivity index (χ4v) is 0.726. The number of hydrogen-bond donors (Lipinski definition) is 5. The fourth-order valence-electron chi connectivity index (χ4n) is 0.726. The predicted octanol–water partition coefficient (Wildman–Crippen LogP) is 1.75. The molecule has 0 aliphatic rings.